The van der Waals surface area contributed by atoms with Gasteiger partial charge in [-0.25, -0.2) is 9.07 Å². The second-order valence-electron chi connectivity index (χ2n) is 7.32. The summed E-state index contributed by atoms with van der Waals surface area (Å²) >= 11 is 5.66. The van der Waals surface area contributed by atoms with E-state index >= 15 is 0 Å². The summed E-state index contributed by atoms with van der Waals surface area (Å²) < 4.78 is 14.7. The molecule has 1 aliphatic heterocycles. The number of likely N-dealkylation sites (tertiary alicyclic amines) is 1. The maximum absolute atomic E-state index is 13.3. The lowest BCUT2D eigenvalue weighted by Crippen LogP contribution is -2.57. The van der Waals surface area contributed by atoms with Gasteiger partial charge in [0.1, 0.15) is 23.6 Å². The van der Waals surface area contributed by atoms with Crippen LogP contribution in [0.2, 0.25) is 0 Å². The molecule has 8 nitrogen and oxygen atoms in total. The van der Waals surface area contributed by atoms with E-state index in [4.69, 9.17) is 11.6 Å². The summed E-state index contributed by atoms with van der Waals surface area (Å²) in [5, 5.41) is 13.9. The standard InChI is InChI=1S/C18H22ClFN6O2/c1-18(2,26-11-21-23-24-26)17(28)25-8-7-14(12-3-5-13(20)6-4-12)15(10-25)22-16(27)9-19/h3-6,11,14-15H,7-10H2,1-2H3,(H,22,27)/t14-,15+/m1/s1. The largest absolute Gasteiger partial charge is 0.350 e. The van der Waals surface area contributed by atoms with Gasteiger partial charge >= 0.3 is 0 Å². The van der Waals surface area contributed by atoms with Crippen LogP contribution in [0.25, 0.3) is 0 Å². The highest BCUT2D eigenvalue weighted by Crippen LogP contribution is 2.30. The number of nitrogens with zero attached hydrogens (tertiary/aromatic N) is 5. The number of aromatic nitrogens is 4. The maximum atomic E-state index is 13.3. The van der Waals surface area contributed by atoms with Crippen molar-refractivity contribution in [3.63, 3.8) is 0 Å². The molecule has 0 aliphatic carbocycles. The first-order valence-corrected chi connectivity index (χ1v) is 9.50. The maximum Gasteiger partial charge on any atom is 0.250 e. The van der Waals surface area contributed by atoms with Crippen LogP contribution in [0.3, 0.4) is 0 Å². The number of benzene rings is 1. The number of carbonyl (C=O) groups is 2. The number of rotatable bonds is 5. The molecule has 0 spiro atoms. The number of piperidine rings is 1. The lowest BCUT2D eigenvalue weighted by atomic mass is 9.84. The Kier molecular flexibility index (Phi) is 5.93. The summed E-state index contributed by atoms with van der Waals surface area (Å²) in [7, 11) is 0. The lowest BCUT2D eigenvalue weighted by Gasteiger charge is -2.41. The first kappa shape index (κ1) is 20.2. The molecule has 0 bridgehead atoms. The quantitative estimate of drug-likeness (QED) is 0.752. The van der Waals surface area contributed by atoms with Crippen LogP contribution in [0.1, 0.15) is 31.7 Å². The summed E-state index contributed by atoms with van der Waals surface area (Å²) in [6, 6.07) is 5.88. The summed E-state index contributed by atoms with van der Waals surface area (Å²) in [6.07, 6.45) is 2.02. The van der Waals surface area contributed by atoms with Crippen LogP contribution >= 0.6 is 11.6 Å². The zero-order chi connectivity index (χ0) is 20.3. The third kappa shape index (κ3) is 4.14. The molecule has 28 heavy (non-hydrogen) atoms. The van der Waals surface area contributed by atoms with Crippen molar-refractivity contribution in [3.05, 3.63) is 42.0 Å². The second-order valence-corrected chi connectivity index (χ2v) is 7.59. The van der Waals surface area contributed by atoms with Gasteiger partial charge in [0.2, 0.25) is 11.8 Å². The number of halogens is 2. The molecular weight excluding hydrogens is 387 g/mol. The average molecular weight is 409 g/mol. The van der Waals surface area contributed by atoms with Gasteiger partial charge in [-0.2, -0.15) is 0 Å². The van der Waals surface area contributed by atoms with Crippen LogP contribution in [0.15, 0.2) is 30.6 Å². The summed E-state index contributed by atoms with van der Waals surface area (Å²) in [5.41, 5.74) is -0.0547. The van der Waals surface area contributed by atoms with Gasteiger partial charge in [-0.05, 0) is 48.4 Å². The Morgan fingerprint density at radius 1 is 1.32 bits per heavy atom. The fourth-order valence-electron chi connectivity index (χ4n) is 3.54. The fraction of sp³-hybridized carbons (Fsp3) is 0.500. The molecule has 1 saturated heterocycles. The lowest BCUT2D eigenvalue weighted by molar-refractivity contribution is -0.142. The van der Waals surface area contributed by atoms with Crippen LogP contribution in [0.5, 0.6) is 0 Å². The van der Waals surface area contributed by atoms with Gasteiger partial charge in [-0.15, -0.1) is 16.7 Å². The minimum Gasteiger partial charge on any atom is -0.350 e. The number of carbonyl (C=O) groups excluding carboxylic acids is 2. The average Bonchev–Trinajstić information content (AvgIpc) is 3.24. The molecule has 2 heterocycles. The summed E-state index contributed by atoms with van der Waals surface area (Å²) in [5.74, 6) is -0.999. The van der Waals surface area contributed by atoms with Crippen LogP contribution in [-0.2, 0) is 15.1 Å². The molecule has 0 unspecified atom stereocenters. The highest BCUT2D eigenvalue weighted by atomic mass is 35.5. The van der Waals surface area contributed by atoms with Crippen molar-refractivity contribution >= 4 is 23.4 Å². The third-order valence-electron chi connectivity index (χ3n) is 5.11. The number of amides is 2. The van der Waals surface area contributed by atoms with Crippen molar-refractivity contribution in [2.24, 2.45) is 0 Å². The van der Waals surface area contributed by atoms with Crippen molar-refractivity contribution < 1.29 is 14.0 Å². The molecule has 1 aromatic carbocycles. The Balaban J connectivity index is 1.81. The van der Waals surface area contributed by atoms with Crippen molar-refractivity contribution in [3.8, 4) is 0 Å². The molecule has 1 aromatic heterocycles. The zero-order valence-corrected chi connectivity index (χ0v) is 16.4. The van der Waals surface area contributed by atoms with E-state index in [1.807, 2.05) is 0 Å². The highest BCUT2D eigenvalue weighted by Gasteiger charge is 2.40. The molecule has 0 radical (unpaired) electrons. The van der Waals surface area contributed by atoms with E-state index in [-0.39, 0.29) is 35.5 Å². The first-order valence-electron chi connectivity index (χ1n) is 8.96. The second kappa shape index (κ2) is 8.22. The Morgan fingerprint density at radius 3 is 2.64 bits per heavy atom. The van der Waals surface area contributed by atoms with Crippen LogP contribution in [-0.4, -0.2) is 61.9 Å². The van der Waals surface area contributed by atoms with Crippen molar-refractivity contribution in [1.29, 1.82) is 0 Å². The Hall–Kier alpha value is -2.55. The van der Waals surface area contributed by atoms with Crippen LogP contribution < -0.4 is 5.32 Å². The molecule has 1 aliphatic rings. The number of hydrogen-bond acceptors (Lipinski definition) is 5. The van der Waals surface area contributed by atoms with E-state index in [0.717, 1.165) is 5.56 Å². The number of tetrazole rings is 1. The zero-order valence-electron chi connectivity index (χ0n) is 15.7. The first-order chi connectivity index (χ1) is 13.3. The molecule has 2 aromatic rings. The van der Waals surface area contributed by atoms with Gasteiger partial charge in [-0.3, -0.25) is 9.59 Å². The molecular formula is C18H22ClFN6O2. The van der Waals surface area contributed by atoms with Gasteiger partial charge in [0.15, 0.2) is 0 Å². The normalized spacial score (nSPS) is 20.1. The van der Waals surface area contributed by atoms with E-state index in [1.54, 1.807) is 30.9 Å². The summed E-state index contributed by atoms with van der Waals surface area (Å²) in [6.45, 7) is 4.29. The van der Waals surface area contributed by atoms with Gasteiger partial charge < -0.3 is 10.2 Å². The molecule has 1 N–H and O–H groups in total. The SMILES string of the molecule is CC(C)(C(=O)N1CC[C@H](c2ccc(F)cc2)[C@@H](NC(=O)CCl)C1)n1cnnn1. The minimum absolute atomic E-state index is 0.0482. The van der Waals surface area contributed by atoms with Crippen molar-refractivity contribution in [2.75, 3.05) is 19.0 Å². The molecule has 0 saturated carbocycles. The fourth-order valence-corrected chi connectivity index (χ4v) is 3.62. The van der Waals surface area contributed by atoms with Gasteiger partial charge in [0.05, 0.1) is 6.04 Å². The highest BCUT2D eigenvalue weighted by molar-refractivity contribution is 6.27. The van der Waals surface area contributed by atoms with E-state index in [2.05, 4.69) is 20.8 Å². The Morgan fingerprint density at radius 2 is 2.04 bits per heavy atom. The van der Waals surface area contributed by atoms with E-state index in [0.29, 0.717) is 19.5 Å². The van der Waals surface area contributed by atoms with Crippen molar-refractivity contribution in [2.45, 2.75) is 37.8 Å². The third-order valence-corrected chi connectivity index (χ3v) is 5.35. The minimum atomic E-state index is -0.965. The molecule has 2 amide bonds. The predicted molar refractivity (Wildman–Crippen MR) is 100 cm³/mol. The molecule has 1 fully saturated rings. The Bertz CT molecular complexity index is 827. The van der Waals surface area contributed by atoms with Crippen LogP contribution in [0, 0.1) is 5.82 Å². The molecule has 150 valence electrons. The van der Waals surface area contributed by atoms with Crippen LogP contribution in [0.4, 0.5) is 4.39 Å². The number of nitrogens with one attached hydrogen (secondary N) is 1. The summed E-state index contributed by atoms with van der Waals surface area (Å²) in [4.78, 5) is 26.8. The van der Waals surface area contributed by atoms with Gasteiger partial charge in [0.25, 0.3) is 0 Å². The number of alkyl halides is 1. The molecule has 3 rings (SSSR count). The monoisotopic (exact) mass is 408 g/mol. The predicted octanol–water partition coefficient (Wildman–Crippen LogP) is 1.29. The van der Waals surface area contributed by atoms with Gasteiger partial charge in [0, 0.05) is 19.0 Å². The van der Waals surface area contributed by atoms with E-state index in [1.165, 1.54) is 23.1 Å². The van der Waals surface area contributed by atoms with E-state index < -0.39 is 5.54 Å². The van der Waals surface area contributed by atoms with E-state index in [9.17, 15) is 14.0 Å². The Labute approximate surface area is 167 Å². The van der Waals surface area contributed by atoms with Gasteiger partial charge in [-0.1, -0.05) is 12.1 Å². The molecule has 2 atom stereocenters. The topological polar surface area (TPSA) is 93.0 Å². The van der Waals surface area contributed by atoms with Crippen molar-refractivity contribution in [1.82, 2.24) is 30.4 Å². The smallest absolute Gasteiger partial charge is 0.250 e. The number of hydrogen-bond donors (Lipinski definition) is 1. The molecule has 10 heteroatoms.